The van der Waals surface area contributed by atoms with Crippen LogP contribution in [-0.2, 0) is 27.4 Å². The van der Waals surface area contributed by atoms with Gasteiger partial charge in [-0.25, -0.2) is 8.78 Å². The first-order valence-electron chi connectivity index (χ1n) is 11.2. The van der Waals surface area contributed by atoms with E-state index in [1.54, 1.807) is 0 Å². The molecule has 0 bridgehead atoms. The fourth-order valence-corrected chi connectivity index (χ4v) is 4.14. The summed E-state index contributed by atoms with van der Waals surface area (Å²) in [7, 11) is 0. The van der Waals surface area contributed by atoms with Crippen molar-refractivity contribution in [2.24, 2.45) is 5.92 Å². The first kappa shape index (κ1) is 24.8. The van der Waals surface area contributed by atoms with Crippen molar-refractivity contribution in [1.82, 2.24) is 0 Å². The second-order valence-corrected chi connectivity index (χ2v) is 9.07. The third-order valence-electron chi connectivity index (χ3n) is 6.19. The molecule has 1 aliphatic rings. The van der Waals surface area contributed by atoms with Crippen molar-refractivity contribution in [3.8, 4) is 0 Å². The molecule has 5 atom stereocenters. The van der Waals surface area contributed by atoms with Crippen LogP contribution in [0.1, 0.15) is 45.2 Å². The van der Waals surface area contributed by atoms with Gasteiger partial charge >= 0.3 is 5.92 Å². The van der Waals surface area contributed by atoms with E-state index < -0.39 is 35.9 Å². The van der Waals surface area contributed by atoms with E-state index in [4.69, 9.17) is 14.2 Å². The van der Waals surface area contributed by atoms with Gasteiger partial charge in [-0.05, 0) is 31.4 Å². The topological polar surface area (TPSA) is 47.9 Å². The Labute approximate surface area is 189 Å². The van der Waals surface area contributed by atoms with E-state index in [2.05, 4.69) is 0 Å². The summed E-state index contributed by atoms with van der Waals surface area (Å²) in [5, 5.41) is 10.3. The molecule has 0 saturated carbocycles. The predicted molar refractivity (Wildman–Crippen MR) is 119 cm³/mol. The molecule has 1 aliphatic heterocycles. The van der Waals surface area contributed by atoms with E-state index >= 15 is 8.78 Å². The molecule has 1 fully saturated rings. The minimum atomic E-state index is -3.55. The van der Waals surface area contributed by atoms with E-state index in [1.807, 2.05) is 74.5 Å². The van der Waals surface area contributed by atoms with Crippen molar-refractivity contribution in [1.29, 1.82) is 0 Å². The Morgan fingerprint density at radius 2 is 1.34 bits per heavy atom. The quantitative estimate of drug-likeness (QED) is 0.560. The average molecular weight is 449 g/mol. The van der Waals surface area contributed by atoms with Gasteiger partial charge in [-0.2, -0.15) is 0 Å². The summed E-state index contributed by atoms with van der Waals surface area (Å²) in [6, 6.07) is 19.0. The minimum Gasteiger partial charge on any atom is -0.384 e. The van der Waals surface area contributed by atoms with Gasteiger partial charge in [0.1, 0.15) is 11.7 Å². The Hall–Kier alpha value is -1.86. The van der Waals surface area contributed by atoms with Crippen LogP contribution >= 0.6 is 0 Å². The number of hydrogen-bond donors (Lipinski definition) is 1. The molecule has 1 N–H and O–H groups in total. The smallest absolute Gasteiger partial charge is 0.303 e. The molecule has 0 unspecified atom stereocenters. The lowest BCUT2D eigenvalue weighted by Gasteiger charge is -2.49. The van der Waals surface area contributed by atoms with Crippen molar-refractivity contribution < 1.29 is 28.1 Å². The third kappa shape index (κ3) is 5.54. The van der Waals surface area contributed by atoms with E-state index in [-0.39, 0.29) is 19.1 Å². The molecule has 4 nitrogen and oxygen atoms in total. The molecule has 0 spiro atoms. The predicted octanol–water partition coefficient (Wildman–Crippen LogP) is 5.38. The summed E-state index contributed by atoms with van der Waals surface area (Å²) in [4.78, 5) is 0. The Balaban J connectivity index is 1.91. The van der Waals surface area contributed by atoms with Crippen LogP contribution in [0.3, 0.4) is 0 Å². The highest BCUT2D eigenvalue weighted by Crippen LogP contribution is 2.43. The number of rotatable bonds is 9. The second kappa shape index (κ2) is 10.4. The van der Waals surface area contributed by atoms with Crippen LogP contribution in [0.15, 0.2) is 60.7 Å². The van der Waals surface area contributed by atoms with Crippen LogP contribution in [0, 0.1) is 5.92 Å². The van der Waals surface area contributed by atoms with Crippen molar-refractivity contribution in [2.75, 3.05) is 0 Å². The molecule has 2 aromatic rings. The number of benzene rings is 2. The fraction of sp³-hybridized carbons (Fsp3) is 0.538. The molecular weight excluding hydrogens is 414 g/mol. The molecule has 1 saturated heterocycles. The van der Waals surface area contributed by atoms with Gasteiger partial charge in [0.2, 0.25) is 0 Å². The van der Waals surface area contributed by atoms with E-state index in [0.717, 1.165) is 25.0 Å². The summed E-state index contributed by atoms with van der Waals surface area (Å²) < 4.78 is 49.1. The van der Waals surface area contributed by atoms with Gasteiger partial charge < -0.3 is 19.3 Å². The van der Waals surface area contributed by atoms with E-state index in [0.29, 0.717) is 6.42 Å². The first-order chi connectivity index (χ1) is 15.1. The number of ether oxygens (including phenoxy) is 3. The maximum absolute atomic E-state index is 15.5. The maximum atomic E-state index is 15.5. The van der Waals surface area contributed by atoms with Gasteiger partial charge in [-0.3, -0.25) is 0 Å². The summed E-state index contributed by atoms with van der Waals surface area (Å²) in [5.41, 5.74) is -0.466. The Morgan fingerprint density at radius 3 is 1.78 bits per heavy atom. The molecule has 6 heteroatoms. The highest BCUT2D eigenvalue weighted by atomic mass is 19.3. The van der Waals surface area contributed by atoms with Crippen molar-refractivity contribution in [3.63, 3.8) is 0 Å². The standard InChI is InChI=1S/C26H34F2O4/c1-5-21-18(2)22(30-16-19-12-8-6-9-13-19)23(31-17-20-14-10-7-11-15-20)24(32-21)26(27,28)25(3,4)29/h6-15,18,21-24,29H,5,16-17H2,1-4H3/t18-,21+,22-,23+,24+/m0/s1. The van der Waals surface area contributed by atoms with E-state index in [9.17, 15) is 5.11 Å². The van der Waals surface area contributed by atoms with Gasteiger partial charge in [0, 0.05) is 5.92 Å². The molecule has 0 radical (unpaired) electrons. The lowest BCUT2D eigenvalue weighted by atomic mass is 9.81. The first-order valence-corrected chi connectivity index (χ1v) is 11.2. The van der Waals surface area contributed by atoms with Gasteiger partial charge in [0.15, 0.2) is 6.10 Å². The normalized spacial score (nSPS) is 26.8. The molecule has 0 amide bonds. The highest BCUT2D eigenvalue weighted by molar-refractivity contribution is 5.15. The van der Waals surface area contributed by atoms with Gasteiger partial charge in [-0.15, -0.1) is 0 Å². The molecular formula is C26H34F2O4. The van der Waals surface area contributed by atoms with Gasteiger partial charge in [0.05, 0.1) is 25.4 Å². The monoisotopic (exact) mass is 448 g/mol. The van der Waals surface area contributed by atoms with Gasteiger partial charge in [0.25, 0.3) is 0 Å². The molecule has 3 rings (SSSR count). The minimum absolute atomic E-state index is 0.141. The van der Waals surface area contributed by atoms with Crippen molar-refractivity contribution >= 4 is 0 Å². The zero-order valence-electron chi connectivity index (χ0n) is 19.2. The fourth-order valence-electron chi connectivity index (χ4n) is 4.14. The molecule has 176 valence electrons. The zero-order chi connectivity index (χ0) is 23.4. The molecule has 32 heavy (non-hydrogen) atoms. The number of hydrogen-bond acceptors (Lipinski definition) is 4. The molecule has 2 aromatic carbocycles. The Bertz CT molecular complexity index is 823. The molecule has 0 aliphatic carbocycles. The number of alkyl halides is 2. The van der Waals surface area contributed by atoms with E-state index in [1.165, 1.54) is 0 Å². The Kier molecular flexibility index (Phi) is 8.04. The third-order valence-corrected chi connectivity index (χ3v) is 6.19. The van der Waals surface area contributed by atoms with Crippen LogP contribution in [0.5, 0.6) is 0 Å². The maximum Gasteiger partial charge on any atom is 0.303 e. The molecule has 1 heterocycles. The summed E-state index contributed by atoms with van der Waals surface area (Å²) in [6.45, 7) is 6.47. The van der Waals surface area contributed by atoms with Crippen LogP contribution in [-0.4, -0.2) is 41.0 Å². The Morgan fingerprint density at radius 1 is 0.875 bits per heavy atom. The number of aliphatic hydroxyl groups is 1. The van der Waals surface area contributed by atoms with Crippen molar-refractivity contribution in [3.05, 3.63) is 71.8 Å². The summed E-state index contributed by atoms with van der Waals surface area (Å²) >= 11 is 0. The highest BCUT2D eigenvalue weighted by Gasteiger charge is 2.61. The largest absolute Gasteiger partial charge is 0.384 e. The van der Waals surface area contributed by atoms with Crippen LogP contribution in [0.4, 0.5) is 8.78 Å². The lowest BCUT2D eigenvalue weighted by molar-refractivity contribution is -0.314. The number of halogens is 2. The average Bonchev–Trinajstić information content (AvgIpc) is 2.77. The van der Waals surface area contributed by atoms with Gasteiger partial charge in [-0.1, -0.05) is 74.5 Å². The van der Waals surface area contributed by atoms with Crippen molar-refractivity contribution in [2.45, 2.75) is 83.3 Å². The summed E-state index contributed by atoms with van der Waals surface area (Å²) in [6.07, 6.45) is -3.22. The lowest BCUT2D eigenvalue weighted by Crippen LogP contribution is -2.65. The van der Waals surface area contributed by atoms with Crippen LogP contribution in [0.2, 0.25) is 0 Å². The molecule has 0 aromatic heterocycles. The van der Waals surface area contributed by atoms with Crippen LogP contribution < -0.4 is 0 Å². The SMILES string of the molecule is CC[C@H]1O[C@@H](C(F)(F)C(C)(C)O)[C@H](OCc2ccccc2)[C@@H](OCc2ccccc2)[C@H]1C. The van der Waals surface area contributed by atoms with Crippen LogP contribution in [0.25, 0.3) is 0 Å². The zero-order valence-corrected chi connectivity index (χ0v) is 19.2. The second-order valence-electron chi connectivity index (χ2n) is 9.07. The summed E-state index contributed by atoms with van der Waals surface area (Å²) in [5.74, 6) is -3.71.